The van der Waals surface area contributed by atoms with Gasteiger partial charge in [0.25, 0.3) is 0 Å². The molecular formula is C23H17FN2S. The van der Waals surface area contributed by atoms with Gasteiger partial charge in [0.2, 0.25) is 0 Å². The van der Waals surface area contributed by atoms with Gasteiger partial charge in [0.1, 0.15) is 5.82 Å². The summed E-state index contributed by atoms with van der Waals surface area (Å²) in [6, 6.07) is 19.5. The Hall–Kier alpha value is -2.85. The summed E-state index contributed by atoms with van der Waals surface area (Å²) in [4.78, 5) is 9.09. The lowest BCUT2D eigenvalue weighted by Gasteiger charge is -2.05. The number of hydrogen-bond acceptors (Lipinski definition) is 2. The molecule has 0 aliphatic carbocycles. The van der Waals surface area contributed by atoms with Gasteiger partial charge < -0.3 is 4.98 Å². The number of aryl methyl sites for hydroxylation is 1. The SMILES string of the molecule is Fc1ccc(-c2[nH]c(-c3ccc4c(c3)CCS4)cc2-c2ccncc2)cc1. The second kappa shape index (κ2) is 6.71. The number of hydrogen-bond donors (Lipinski definition) is 1. The lowest BCUT2D eigenvalue weighted by molar-refractivity contribution is 0.628. The molecule has 0 saturated carbocycles. The molecule has 4 heteroatoms. The minimum absolute atomic E-state index is 0.230. The first-order valence-electron chi connectivity index (χ1n) is 8.93. The lowest BCUT2D eigenvalue weighted by atomic mass is 10.0. The van der Waals surface area contributed by atoms with Crippen molar-refractivity contribution in [3.63, 3.8) is 0 Å². The van der Waals surface area contributed by atoms with Crippen LogP contribution in [0, 0.1) is 5.82 Å². The van der Waals surface area contributed by atoms with Gasteiger partial charge in [-0.2, -0.15) is 0 Å². The van der Waals surface area contributed by atoms with Crippen molar-refractivity contribution in [2.24, 2.45) is 0 Å². The van der Waals surface area contributed by atoms with Gasteiger partial charge in [0.15, 0.2) is 0 Å². The highest BCUT2D eigenvalue weighted by Gasteiger charge is 2.16. The number of fused-ring (bicyclic) bond motifs is 1. The van der Waals surface area contributed by atoms with E-state index in [0.29, 0.717) is 0 Å². The van der Waals surface area contributed by atoms with E-state index in [2.05, 4.69) is 34.2 Å². The van der Waals surface area contributed by atoms with E-state index in [0.717, 1.165) is 40.3 Å². The van der Waals surface area contributed by atoms with E-state index in [9.17, 15) is 4.39 Å². The average Bonchev–Trinajstić information content (AvgIpc) is 3.36. The van der Waals surface area contributed by atoms with Gasteiger partial charge in [-0.05, 0) is 83.3 Å². The van der Waals surface area contributed by atoms with Crippen molar-refractivity contribution >= 4 is 11.8 Å². The number of H-pyrrole nitrogens is 1. The molecule has 0 radical (unpaired) electrons. The van der Waals surface area contributed by atoms with Gasteiger partial charge in [0.05, 0.1) is 5.69 Å². The molecule has 0 amide bonds. The Bertz CT molecular complexity index is 1100. The van der Waals surface area contributed by atoms with Crippen molar-refractivity contribution in [3.05, 3.63) is 84.4 Å². The van der Waals surface area contributed by atoms with E-state index in [1.807, 2.05) is 36.0 Å². The maximum Gasteiger partial charge on any atom is 0.123 e. The van der Waals surface area contributed by atoms with E-state index >= 15 is 0 Å². The Kier molecular flexibility index (Phi) is 4.06. The zero-order valence-electron chi connectivity index (χ0n) is 14.6. The van der Waals surface area contributed by atoms with Crippen LogP contribution in [0.15, 0.2) is 78.0 Å². The van der Waals surface area contributed by atoms with Crippen molar-refractivity contribution in [1.29, 1.82) is 0 Å². The molecule has 132 valence electrons. The normalized spacial score (nSPS) is 12.9. The summed E-state index contributed by atoms with van der Waals surface area (Å²) in [5, 5.41) is 0. The number of nitrogens with zero attached hydrogens (tertiary/aromatic N) is 1. The zero-order chi connectivity index (χ0) is 18.2. The summed E-state index contributed by atoms with van der Waals surface area (Å²) < 4.78 is 13.4. The fraction of sp³-hybridized carbons (Fsp3) is 0.0870. The molecule has 2 aromatic heterocycles. The standard InChI is InChI=1S/C23H17FN2S/c24-19-4-1-16(2-5-19)23-20(15-7-10-25-11-8-15)14-21(26-23)17-3-6-22-18(13-17)9-12-27-22/h1-8,10-11,13-14,26H,9,12H2. The quantitative estimate of drug-likeness (QED) is 0.464. The third-order valence-corrected chi connectivity index (χ3v) is 6.06. The Morgan fingerprint density at radius 1 is 0.852 bits per heavy atom. The van der Waals surface area contributed by atoms with Crippen molar-refractivity contribution in [2.75, 3.05) is 5.75 Å². The van der Waals surface area contributed by atoms with Gasteiger partial charge in [-0.1, -0.05) is 6.07 Å². The predicted molar refractivity (Wildman–Crippen MR) is 109 cm³/mol. The molecule has 1 N–H and O–H groups in total. The molecule has 0 fully saturated rings. The molecule has 2 aromatic carbocycles. The number of aromatic amines is 1. The molecule has 0 bridgehead atoms. The fourth-order valence-electron chi connectivity index (χ4n) is 3.57. The van der Waals surface area contributed by atoms with Gasteiger partial charge in [-0.3, -0.25) is 4.98 Å². The molecule has 3 heterocycles. The second-order valence-corrected chi connectivity index (χ2v) is 7.77. The molecule has 0 unspecified atom stereocenters. The van der Waals surface area contributed by atoms with Crippen molar-refractivity contribution < 1.29 is 4.39 Å². The summed E-state index contributed by atoms with van der Waals surface area (Å²) in [6.07, 6.45) is 4.71. The summed E-state index contributed by atoms with van der Waals surface area (Å²) in [6.45, 7) is 0. The van der Waals surface area contributed by atoms with Crippen LogP contribution in [-0.2, 0) is 6.42 Å². The molecule has 27 heavy (non-hydrogen) atoms. The molecule has 1 aliphatic rings. The van der Waals surface area contributed by atoms with Crippen LogP contribution >= 0.6 is 11.8 Å². The summed E-state index contributed by atoms with van der Waals surface area (Å²) in [5.41, 5.74) is 7.80. The van der Waals surface area contributed by atoms with E-state index < -0.39 is 0 Å². The monoisotopic (exact) mass is 372 g/mol. The molecule has 2 nitrogen and oxygen atoms in total. The Balaban J connectivity index is 1.66. The first kappa shape index (κ1) is 16.3. The maximum atomic E-state index is 13.4. The number of rotatable bonds is 3. The smallest absolute Gasteiger partial charge is 0.123 e. The first-order chi connectivity index (χ1) is 13.3. The van der Waals surface area contributed by atoms with Crippen LogP contribution < -0.4 is 0 Å². The van der Waals surface area contributed by atoms with E-state index in [1.54, 1.807) is 12.4 Å². The Morgan fingerprint density at radius 2 is 1.63 bits per heavy atom. The van der Waals surface area contributed by atoms with Crippen molar-refractivity contribution in [3.8, 4) is 33.6 Å². The second-order valence-electron chi connectivity index (χ2n) is 6.64. The van der Waals surface area contributed by atoms with Crippen LogP contribution in [0.2, 0.25) is 0 Å². The Labute approximate surface area is 161 Å². The summed E-state index contributed by atoms with van der Waals surface area (Å²) in [7, 11) is 0. The number of halogens is 1. The Morgan fingerprint density at radius 3 is 2.44 bits per heavy atom. The lowest BCUT2D eigenvalue weighted by Crippen LogP contribution is -1.85. The molecule has 5 rings (SSSR count). The summed E-state index contributed by atoms with van der Waals surface area (Å²) >= 11 is 1.92. The molecule has 0 spiro atoms. The molecule has 1 aliphatic heterocycles. The number of pyridine rings is 1. The maximum absolute atomic E-state index is 13.4. The minimum Gasteiger partial charge on any atom is -0.354 e. The number of thioether (sulfide) groups is 1. The van der Waals surface area contributed by atoms with Crippen LogP contribution in [0.25, 0.3) is 33.6 Å². The van der Waals surface area contributed by atoms with Crippen LogP contribution in [0.5, 0.6) is 0 Å². The van der Waals surface area contributed by atoms with Gasteiger partial charge in [-0.25, -0.2) is 4.39 Å². The van der Waals surface area contributed by atoms with Crippen LogP contribution in [-0.4, -0.2) is 15.7 Å². The van der Waals surface area contributed by atoms with E-state index in [1.165, 1.54) is 28.2 Å². The largest absolute Gasteiger partial charge is 0.354 e. The van der Waals surface area contributed by atoms with Crippen molar-refractivity contribution in [2.45, 2.75) is 11.3 Å². The van der Waals surface area contributed by atoms with E-state index in [4.69, 9.17) is 0 Å². The molecular weight excluding hydrogens is 355 g/mol. The summed E-state index contributed by atoms with van der Waals surface area (Å²) in [5.74, 6) is 0.930. The highest BCUT2D eigenvalue weighted by molar-refractivity contribution is 7.99. The highest BCUT2D eigenvalue weighted by atomic mass is 32.2. The molecule has 0 atom stereocenters. The topological polar surface area (TPSA) is 28.7 Å². The third kappa shape index (κ3) is 3.06. The molecule has 0 saturated heterocycles. The van der Waals surface area contributed by atoms with Crippen LogP contribution in [0.1, 0.15) is 5.56 Å². The zero-order valence-corrected chi connectivity index (χ0v) is 15.4. The number of benzene rings is 2. The number of aromatic nitrogens is 2. The first-order valence-corrected chi connectivity index (χ1v) is 9.92. The predicted octanol–water partition coefficient (Wildman–Crippen LogP) is 6.20. The van der Waals surface area contributed by atoms with Crippen molar-refractivity contribution in [1.82, 2.24) is 9.97 Å². The van der Waals surface area contributed by atoms with Crippen LogP contribution in [0.4, 0.5) is 4.39 Å². The number of nitrogens with one attached hydrogen (secondary N) is 1. The van der Waals surface area contributed by atoms with Gasteiger partial charge >= 0.3 is 0 Å². The van der Waals surface area contributed by atoms with E-state index in [-0.39, 0.29) is 5.82 Å². The highest BCUT2D eigenvalue weighted by Crippen LogP contribution is 2.38. The minimum atomic E-state index is -0.230. The molecule has 4 aromatic rings. The average molecular weight is 372 g/mol. The van der Waals surface area contributed by atoms with Gasteiger partial charge in [0, 0.05) is 34.3 Å². The van der Waals surface area contributed by atoms with Crippen LogP contribution in [0.3, 0.4) is 0 Å². The van der Waals surface area contributed by atoms with Gasteiger partial charge in [-0.15, -0.1) is 11.8 Å². The fourth-order valence-corrected chi connectivity index (χ4v) is 4.62. The third-order valence-electron chi connectivity index (χ3n) is 4.94.